The van der Waals surface area contributed by atoms with Gasteiger partial charge >= 0.3 is 0 Å². The van der Waals surface area contributed by atoms with E-state index in [1.807, 2.05) is 0 Å². The second-order valence-corrected chi connectivity index (χ2v) is 6.48. The highest BCUT2D eigenvalue weighted by Crippen LogP contribution is 2.55. The van der Waals surface area contributed by atoms with Gasteiger partial charge in [-0.15, -0.1) is 0 Å². The summed E-state index contributed by atoms with van der Waals surface area (Å²) in [5.74, 6) is 2.40. The van der Waals surface area contributed by atoms with E-state index < -0.39 is 0 Å². The highest BCUT2D eigenvalue weighted by Gasteiger charge is 2.57. The van der Waals surface area contributed by atoms with E-state index in [4.69, 9.17) is 5.73 Å². The van der Waals surface area contributed by atoms with Gasteiger partial charge in [-0.2, -0.15) is 0 Å². The average molecular weight is 255 g/mol. The number of hydrogen-bond acceptors (Lipinski definition) is 3. The number of nitrogens with zero attached hydrogens (tertiary/aromatic N) is 2. The van der Waals surface area contributed by atoms with Crippen LogP contribution >= 0.6 is 0 Å². The molecule has 1 spiro atoms. The maximum Gasteiger partial charge on any atom is 0.196 e. The molecule has 19 heavy (non-hydrogen) atoms. The molecule has 0 aromatic heterocycles. The van der Waals surface area contributed by atoms with Crippen molar-refractivity contribution < 1.29 is 0 Å². The van der Waals surface area contributed by atoms with Gasteiger partial charge in [0.05, 0.1) is 12.1 Å². The molecule has 0 amide bonds. The van der Waals surface area contributed by atoms with Gasteiger partial charge in [0.25, 0.3) is 0 Å². The largest absolute Gasteiger partial charge is 0.369 e. The van der Waals surface area contributed by atoms with Crippen molar-refractivity contribution in [3.05, 3.63) is 29.8 Å². The van der Waals surface area contributed by atoms with Crippen LogP contribution in [0.5, 0.6) is 0 Å². The van der Waals surface area contributed by atoms with Crippen LogP contribution in [0.3, 0.4) is 0 Å². The minimum atomic E-state index is 0.194. The van der Waals surface area contributed by atoms with Gasteiger partial charge in [0.2, 0.25) is 0 Å². The molecule has 1 aliphatic heterocycles. The van der Waals surface area contributed by atoms with E-state index in [9.17, 15) is 0 Å². The molecule has 2 fully saturated rings. The Labute approximate surface area is 114 Å². The molecule has 4 rings (SSSR count). The topological polar surface area (TPSA) is 41.6 Å². The van der Waals surface area contributed by atoms with Crippen LogP contribution in [-0.4, -0.2) is 18.0 Å². The Hall–Kier alpha value is -1.51. The lowest BCUT2D eigenvalue weighted by molar-refractivity contribution is 0.292. The molecular formula is C16H21N3. The normalized spacial score (nSPS) is 36.3. The van der Waals surface area contributed by atoms with Crippen molar-refractivity contribution in [2.24, 2.45) is 22.6 Å². The summed E-state index contributed by atoms with van der Waals surface area (Å²) in [6.07, 6.45) is 5.42. The van der Waals surface area contributed by atoms with Crippen LogP contribution < -0.4 is 10.6 Å². The highest BCUT2D eigenvalue weighted by molar-refractivity contribution is 5.99. The van der Waals surface area contributed by atoms with Crippen molar-refractivity contribution in [1.82, 2.24) is 0 Å². The number of anilines is 1. The zero-order chi connectivity index (χ0) is 13.0. The molecule has 3 atom stereocenters. The van der Waals surface area contributed by atoms with Crippen molar-refractivity contribution in [1.29, 1.82) is 0 Å². The number of para-hydroxylation sites is 1. The summed E-state index contributed by atoms with van der Waals surface area (Å²) in [5.41, 5.74) is 8.99. The zero-order valence-electron chi connectivity index (χ0n) is 11.5. The first kappa shape index (κ1) is 11.3. The number of nitrogens with two attached hydrogens (primary N) is 1. The summed E-state index contributed by atoms with van der Waals surface area (Å²) in [6, 6.07) is 8.56. The molecule has 100 valence electrons. The van der Waals surface area contributed by atoms with Crippen molar-refractivity contribution in [2.75, 3.05) is 11.4 Å². The molecular weight excluding hydrogens is 234 g/mol. The Bertz CT molecular complexity index is 551. The number of benzene rings is 1. The summed E-state index contributed by atoms with van der Waals surface area (Å²) >= 11 is 0. The predicted molar refractivity (Wildman–Crippen MR) is 78.3 cm³/mol. The molecule has 3 unspecified atom stereocenters. The van der Waals surface area contributed by atoms with E-state index in [1.54, 1.807) is 0 Å². The van der Waals surface area contributed by atoms with Gasteiger partial charge in [0.15, 0.2) is 5.96 Å². The molecule has 3 nitrogen and oxygen atoms in total. The third-order valence-corrected chi connectivity index (χ3v) is 5.49. The van der Waals surface area contributed by atoms with Gasteiger partial charge in [0.1, 0.15) is 0 Å². The second-order valence-electron chi connectivity index (χ2n) is 6.48. The Balaban J connectivity index is 1.80. The Morgan fingerprint density at radius 1 is 1.32 bits per heavy atom. The number of rotatable bonds is 1. The van der Waals surface area contributed by atoms with Crippen molar-refractivity contribution in [3.63, 3.8) is 0 Å². The van der Waals surface area contributed by atoms with Crippen LogP contribution in [0.15, 0.2) is 29.3 Å². The number of guanidine groups is 1. The van der Waals surface area contributed by atoms with E-state index in [0.717, 1.165) is 24.3 Å². The summed E-state index contributed by atoms with van der Waals surface area (Å²) in [5, 5.41) is 0. The molecule has 2 saturated carbocycles. The van der Waals surface area contributed by atoms with Crippen molar-refractivity contribution in [2.45, 2.75) is 38.1 Å². The van der Waals surface area contributed by atoms with Gasteiger partial charge in [-0.1, -0.05) is 18.2 Å². The fraction of sp³-hybridized carbons (Fsp3) is 0.562. The van der Waals surface area contributed by atoms with Crippen LogP contribution in [0, 0.1) is 18.8 Å². The Morgan fingerprint density at radius 2 is 2.16 bits per heavy atom. The third kappa shape index (κ3) is 1.41. The second kappa shape index (κ2) is 3.75. The summed E-state index contributed by atoms with van der Waals surface area (Å²) in [4.78, 5) is 6.98. The standard InChI is InChI=1S/C16H21N3/c1-11-4-2-3-5-14(11)19-15(17)18-10-16(19)9-12-6-7-13(16)8-12/h2-5,12-13H,6-10H2,1H3,(H2,17,18). The molecule has 2 N–H and O–H groups in total. The summed E-state index contributed by atoms with van der Waals surface area (Å²) < 4.78 is 0. The monoisotopic (exact) mass is 255 g/mol. The van der Waals surface area contributed by atoms with Crippen LogP contribution in [0.25, 0.3) is 0 Å². The zero-order valence-corrected chi connectivity index (χ0v) is 11.5. The first-order valence-corrected chi connectivity index (χ1v) is 7.36. The van der Waals surface area contributed by atoms with Crippen molar-refractivity contribution >= 4 is 11.6 Å². The Morgan fingerprint density at radius 3 is 2.84 bits per heavy atom. The van der Waals surface area contributed by atoms with E-state index in [0.29, 0.717) is 0 Å². The van der Waals surface area contributed by atoms with Crippen LogP contribution in [0.4, 0.5) is 5.69 Å². The van der Waals surface area contributed by atoms with Crippen LogP contribution in [0.1, 0.15) is 31.2 Å². The molecule has 1 aromatic carbocycles. The molecule has 3 aliphatic rings. The molecule has 1 aromatic rings. The molecule has 0 saturated heterocycles. The van der Waals surface area contributed by atoms with Gasteiger partial charge in [0, 0.05) is 5.69 Å². The predicted octanol–water partition coefficient (Wildman–Crippen LogP) is 2.69. The summed E-state index contributed by atoms with van der Waals surface area (Å²) in [6.45, 7) is 3.07. The lowest BCUT2D eigenvalue weighted by Crippen LogP contribution is -2.55. The van der Waals surface area contributed by atoms with Gasteiger partial charge in [-0.25, -0.2) is 0 Å². The SMILES string of the molecule is Cc1ccccc1N1C(N)=NCC12CC1CCC2C1. The molecule has 2 bridgehead atoms. The van der Waals surface area contributed by atoms with Crippen LogP contribution in [-0.2, 0) is 0 Å². The molecule has 1 heterocycles. The van der Waals surface area contributed by atoms with E-state index >= 15 is 0 Å². The van der Waals surface area contributed by atoms with Crippen molar-refractivity contribution in [3.8, 4) is 0 Å². The average Bonchev–Trinajstić information content (AvgIpc) is 3.07. The van der Waals surface area contributed by atoms with Gasteiger partial charge in [-0.3, -0.25) is 4.99 Å². The minimum absolute atomic E-state index is 0.194. The smallest absolute Gasteiger partial charge is 0.196 e. The lowest BCUT2D eigenvalue weighted by Gasteiger charge is -2.43. The van der Waals surface area contributed by atoms with Gasteiger partial charge in [-0.05, 0) is 56.1 Å². The number of fused-ring (bicyclic) bond motifs is 3. The minimum Gasteiger partial charge on any atom is -0.369 e. The summed E-state index contributed by atoms with van der Waals surface area (Å²) in [7, 11) is 0. The maximum absolute atomic E-state index is 6.24. The quantitative estimate of drug-likeness (QED) is 0.838. The lowest BCUT2D eigenvalue weighted by atomic mass is 9.79. The van der Waals surface area contributed by atoms with E-state index in [2.05, 4.69) is 41.1 Å². The van der Waals surface area contributed by atoms with Gasteiger partial charge < -0.3 is 10.6 Å². The number of aliphatic imine (C=N–C) groups is 1. The maximum atomic E-state index is 6.24. The molecule has 2 aliphatic carbocycles. The highest BCUT2D eigenvalue weighted by atomic mass is 15.4. The molecule has 3 heteroatoms. The van der Waals surface area contributed by atoms with E-state index in [-0.39, 0.29) is 5.54 Å². The number of hydrogen-bond donors (Lipinski definition) is 1. The number of aryl methyl sites for hydroxylation is 1. The third-order valence-electron chi connectivity index (χ3n) is 5.49. The fourth-order valence-electron chi connectivity index (χ4n) is 4.65. The first-order valence-electron chi connectivity index (χ1n) is 7.36. The van der Waals surface area contributed by atoms with Crippen LogP contribution in [0.2, 0.25) is 0 Å². The Kier molecular flexibility index (Phi) is 2.23. The molecule has 0 radical (unpaired) electrons. The van der Waals surface area contributed by atoms with E-state index in [1.165, 1.54) is 36.9 Å². The fourth-order valence-corrected chi connectivity index (χ4v) is 4.65. The first-order chi connectivity index (χ1) is 9.21.